The first-order valence-electron chi connectivity index (χ1n) is 9.94. The van der Waals surface area contributed by atoms with Crippen molar-refractivity contribution in [2.45, 2.75) is 25.1 Å². The standard InChI is InChI=1S/C22H19F3N6O/c23-22(24,25)19-11-20(30-21(29-19)14-2-1-7-27-13-14)28-16-3-4-18(15(10-16)12-26)31-8-5-17(32)6-9-31/h1-4,7,10-11,13,17,32H,5-6,8-9H2,(H,28,29,30). The quantitative estimate of drug-likeness (QED) is 0.629. The van der Waals surface area contributed by atoms with Crippen molar-refractivity contribution >= 4 is 17.2 Å². The lowest BCUT2D eigenvalue weighted by Crippen LogP contribution is -2.36. The molecule has 2 N–H and O–H groups in total. The topological polar surface area (TPSA) is 98.0 Å². The lowest BCUT2D eigenvalue weighted by molar-refractivity contribution is -0.141. The van der Waals surface area contributed by atoms with E-state index >= 15 is 0 Å². The predicted molar refractivity (Wildman–Crippen MR) is 112 cm³/mol. The molecule has 1 aromatic carbocycles. The summed E-state index contributed by atoms with van der Waals surface area (Å²) in [5.74, 6) is -0.164. The Labute approximate surface area is 182 Å². The van der Waals surface area contributed by atoms with E-state index in [1.54, 1.807) is 30.3 Å². The molecule has 0 saturated carbocycles. The molecule has 164 valence electrons. The number of aliphatic hydroxyl groups excluding tert-OH is 1. The normalized spacial score (nSPS) is 14.8. The number of halogens is 3. The number of hydrogen-bond acceptors (Lipinski definition) is 7. The number of alkyl halides is 3. The monoisotopic (exact) mass is 440 g/mol. The van der Waals surface area contributed by atoms with Crippen molar-refractivity contribution in [2.75, 3.05) is 23.3 Å². The van der Waals surface area contributed by atoms with Crippen LogP contribution < -0.4 is 10.2 Å². The second-order valence-corrected chi connectivity index (χ2v) is 7.39. The molecule has 2 aromatic heterocycles. The summed E-state index contributed by atoms with van der Waals surface area (Å²) in [7, 11) is 0. The minimum absolute atomic E-state index is 0.0519. The third-order valence-corrected chi connectivity index (χ3v) is 5.13. The second-order valence-electron chi connectivity index (χ2n) is 7.39. The zero-order valence-electron chi connectivity index (χ0n) is 16.8. The average Bonchev–Trinajstić information content (AvgIpc) is 2.79. The number of hydrogen-bond donors (Lipinski definition) is 2. The van der Waals surface area contributed by atoms with Gasteiger partial charge in [0.05, 0.1) is 17.4 Å². The molecule has 0 amide bonds. The first kappa shape index (κ1) is 21.5. The lowest BCUT2D eigenvalue weighted by Gasteiger charge is -2.32. The molecule has 1 fully saturated rings. The van der Waals surface area contributed by atoms with Crippen LogP contribution in [0.4, 0.5) is 30.4 Å². The number of pyridine rings is 1. The Morgan fingerprint density at radius 1 is 1.12 bits per heavy atom. The van der Waals surface area contributed by atoms with E-state index in [-0.39, 0.29) is 17.7 Å². The zero-order chi connectivity index (χ0) is 22.7. The van der Waals surface area contributed by atoms with Gasteiger partial charge in [0, 0.05) is 42.8 Å². The fraction of sp³-hybridized carbons (Fsp3) is 0.273. The summed E-state index contributed by atoms with van der Waals surface area (Å²) in [6.07, 6.45) is -0.877. The van der Waals surface area contributed by atoms with Gasteiger partial charge in [-0.05, 0) is 43.2 Å². The fourth-order valence-corrected chi connectivity index (χ4v) is 3.51. The van der Waals surface area contributed by atoms with Gasteiger partial charge in [-0.3, -0.25) is 4.98 Å². The summed E-state index contributed by atoms with van der Waals surface area (Å²) < 4.78 is 40.2. The summed E-state index contributed by atoms with van der Waals surface area (Å²) in [6, 6.07) is 11.1. The summed E-state index contributed by atoms with van der Waals surface area (Å²) in [5.41, 5.74) is 0.787. The van der Waals surface area contributed by atoms with Crippen molar-refractivity contribution in [3.05, 3.63) is 60.0 Å². The number of benzene rings is 1. The third kappa shape index (κ3) is 4.78. The molecule has 10 heteroatoms. The van der Waals surface area contributed by atoms with Gasteiger partial charge in [-0.2, -0.15) is 18.4 Å². The first-order chi connectivity index (χ1) is 15.3. The number of anilines is 3. The van der Waals surface area contributed by atoms with Gasteiger partial charge in [-0.25, -0.2) is 9.97 Å². The van der Waals surface area contributed by atoms with Crippen molar-refractivity contribution in [3.63, 3.8) is 0 Å². The van der Waals surface area contributed by atoms with Crippen molar-refractivity contribution in [1.29, 1.82) is 5.26 Å². The highest BCUT2D eigenvalue weighted by atomic mass is 19.4. The highest BCUT2D eigenvalue weighted by molar-refractivity contribution is 5.69. The van der Waals surface area contributed by atoms with Crippen molar-refractivity contribution in [3.8, 4) is 17.5 Å². The Morgan fingerprint density at radius 3 is 2.56 bits per heavy atom. The Hall–Kier alpha value is -3.71. The summed E-state index contributed by atoms with van der Waals surface area (Å²) >= 11 is 0. The van der Waals surface area contributed by atoms with Crippen LogP contribution in [-0.2, 0) is 6.18 Å². The van der Waals surface area contributed by atoms with E-state index in [9.17, 15) is 23.5 Å². The molecule has 1 aliphatic heterocycles. The molecule has 7 nitrogen and oxygen atoms in total. The Kier molecular flexibility index (Phi) is 5.92. The molecular formula is C22H19F3N6O. The van der Waals surface area contributed by atoms with E-state index in [4.69, 9.17) is 0 Å². The van der Waals surface area contributed by atoms with Crippen molar-refractivity contribution in [1.82, 2.24) is 15.0 Å². The molecule has 1 saturated heterocycles. The number of aliphatic hydroxyl groups is 1. The molecule has 0 radical (unpaired) electrons. The minimum Gasteiger partial charge on any atom is -0.393 e. The molecule has 3 aromatic rings. The zero-order valence-corrected chi connectivity index (χ0v) is 16.8. The van der Waals surface area contributed by atoms with E-state index in [1.807, 2.05) is 4.90 Å². The van der Waals surface area contributed by atoms with Crippen LogP contribution in [0.2, 0.25) is 0 Å². The van der Waals surface area contributed by atoms with Gasteiger partial charge >= 0.3 is 6.18 Å². The molecule has 0 spiro atoms. The summed E-state index contributed by atoms with van der Waals surface area (Å²) in [6.45, 7) is 1.25. The van der Waals surface area contributed by atoms with Crippen LogP contribution in [0.3, 0.4) is 0 Å². The predicted octanol–water partition coefficient (Wildman–Crippen LogP) is 4.13. The number of nitrogens with zero attached hydrogens (tertiary/aromatic N) is 5. The maximum absolute atomic E-state index is 13.4. The van der Waals surface area contributed by atoms with Crippen molar-refractivity contribution in [2.24, 2.45) is 0 Å². The molecule has 0 bridgehead atoms. The van der Waals surface area contributed by atoms with Crippen LogP contribution in [-0.4, -0.2) is 39.3 Å². The SMILES string of the molecule is N#Cc1cc(Nc2cc(C(F)(F)F)nc(-c3cccnc3)n2)ccc1N1CCC(O)CC1. The second kappa shape index (κ2) is 8.80. The molecule has 3 heterocycles. The number of rotatable bonds is 4. The van der Waals surface area contributed by atoms with E-state index in [1.165, 1.54) is 12.4 Å². The Morgan fingerprint density at radius 2 is 1.91 bits per heavy atom. The maximum atomic E-state index is 13.4. The third-order valence-electron chi connectivity index (χ3n) is 5.13. The molecule has 4 rings (SSSR count). The molecule has 0 unspecified atom stereocenters. The van der Waals surface area contributed by atoms with Crippen LogP contribution in [0.25, 0.3) is 11.4 Å². The van der Waals surface area contributed by atoms with E-state index < -0.39 is 11.9 Å². The molecule has 0 aliphatic carbocycles. The summed E-state index contributed by atoms with van der Waals surface area (Å²) in [5, 5.41) is 22.2. The summed E-state index contributed by atoms with van der Waals surface area (Å²) in [4.78, 5) is 13.8. The molecule has 0 atom stereocenters. The number of piperidine rings is 1. The van der Waals surface area contributed by atoms with E-state index in [0.29, 0.717) is 42.7 Å². The van der Waals surface area contributed by atoms with Gasteiger partial charge in [0.15, 0.2) is 11.5 Å². The molecular weight excluding hydrogens is 421 g/mol. The van der Waals surface area contributed by atoms with Crippen LogP contribution in [0.1, 0.15) is 24.1 Å². The van der Waals surface area contributed by atoms with Crippen molar-refractivity contribution < 1.29 is 18.3 Å². The van der Waals surface area contributed by atoms with Gasteiger partial charge in [-0.1, -0.05) is 0 Å². The number of nitriles is 1. The largest absolute Gasteiger partial charge is 0.433 e. The van der Waals surface area contributed by atoms with Crippen LogP contribution in [0.15, 0.2) is 48.8 Å². The fourth-order valence-electron chi connectivity index (χ4n) is 3.51. The molecule has 1 aliphatic rings. The van der Waals surface area contributed by atoms with E-state index in [2.05, 4.69) is 26.3 Å². The maximum Gasteiger partial charge on any atom is 0.433 e. The number of aromatic nitrogens is 3. The Balaban J connectivity index is 1.65. The van der Waals surface area contributed by atoms with Gasteiger partial charge in [-0.15, -0.1) is 0 Å². The van der Waals surface area contributed by atoms with Crippen LogP contribution in [0, 0.1) is 11.3 Å². The highest BCUT2D eigenvalue weighted by Crippen LogP contribution is 2.32. The smallest absolute Gasteiger partial charge is 0.393 e. The first-order valence-corrected chi connectivity index (χ1v) is 9.94. The average molecular weight is 440 g/mol. The van der Waals surface area contributed by atoms with Gasteiger partial charge in [0.25, 0.3) is 0 Å². The minimum atomic E-state index is -4.66. The number of nitrogens with one attached hydrogen (secondary N) is 1. The van der Waals surface area contributed by atoms with Gasteiger partial charge in [0.1, 0.15) is 11.9 Å². The lowest BCUT2D eigenvalue weighted by atomic mass is 10.0. The molecule has 32 heavy (non-hydrogen) atoms. The van der Waals surface area contributed by atoms with Crippen LogP contribution in [0.5, 0.6) is 0 Å². The highest BCUT2D eigenvalue weighted by Gasteiger charge is 2.34. The van der Waals surface area contributed by atoms with Crippen LogP contribution >= 0.6 is 0 Å². The van der Waals surface area contributed by atoms with E-state index in [0.717, 1.165) is 11.8 Å². The van der Waals surface area contributed by atoms with Gasteiger partial charge < -0.3 is 15.3 Å². The Bertz CT molecular complexity index is 1140. The van der Waals surface area contributed by atoms with Gasteiger partial charge in [0.2, 0.25) is 0 Å².